The molecule has 0 bridgehead atoms. The maximum atomic E-state index is 13.1. The summed E-state index contributed by atoms with van der Waals surface area (Å²) in [6.07, 6.45) is 4.54. The van der Waals surface area contributed by atoms with Crippen LogP contribution in [0.15, 0.2) is 54.7 Å². The van der Waals surface area contributed by atoms with Crippen LogP contribution >= 0.6 is 0 Å². The fourth-order valence-corrected chi connectivity index (χ4v) is 4.03. The summed E-state index contributed by atoms with van der Waals surface area (Å²) < 4.78 is 5.38. The summed E-state index contributed by atoms with van der Waals surface area (Å²) >= 11 is 0. The summed E-state index contributed by atoms with van der Waals surface area (Å²) in [6.45, 7) is 4.19. The first-order chi connectivity index (χ1) is 15.1. The van der Waals surface area contributed by atoms with Crippen molar-refractivity contribution in [2.24, 2.45) is 5.92 Å². The third-order valence-corrected chi connectivity index (χ3v) is 5.84. The van der Waals surface area contributed by atoms with E-state index in [1.807, 2.05) is 43.3 Å². The highest BCUT2D eigenvalue weighted by Crippen LogP contribution is 2.24. The second kappa shape index (κ2) is 9.71. The lowest BCUT2D eigenvalue weighted by atomic mass is 9.97. The molecule has 2 amide bonds. The van der Waals surface area contributed by atoms with Crippen molar-refractivity contribution in [3.05, 3.63) is 71.5 Å². The predicted molar refractivity (Wildman–Crippen MR) is 121 cm³/mol. The van der Waals surface area contributed by atoms with E-state index in [2.05, 4.69) is 15.6 Å². The number of benzene rings is 2. The van der Waals surface area contributed by atoms with Crippen molar-refractivity contribution >= 4 is 28.3 Å². The Morgan fingerprint density at radius 1 is 1.00 bits per heavy atom. The molecular weight excluding hydrogens is 390 g/mol. The van der Waals surface area contributed by atoms with Crippen molar-refractivity contribution in [1.29, 1.82) is 0 Å². The van der Waals surface area contributed by atoms with Crippen molar-refractivity contribution in [2.75, 3.05) is 25.1 Å². The van der Waals surface area contributed by atoms with E-state index in [0.717, 1.165) is 48.8 Å². The molecule has 1 saturated heterocycles. The molecule has 1 aliphatic heterocycles. The summed E-state index contributed by atoms with van der Waals surface area (Å²) in [4.78, 5) is 30.0. The first-order valence-corrected chi connectivity index (χ1v) is 10.7. The zero-order valence-electron chi connectivity index (χ0n) is 17.7. The molecule has 1 aromatic heterocycles. The van der Waals surface area contributed by atoms with Crippen LogP contribution in [0.1, 0.15) is 45.7 Å². The second-order valence-electron chi connectivity index (χ2n) is 7.93. The Morgan fingerprint density at radius 3 is 2.58 bits per heavy atom. The Hall–Kier alpha value is -3.25. The fraction of sp³-hybridized carbons (Fsp3) is 0.320. The largest absolute Gasteiger partial charge is 0.381 e. The molecule has 1 aliphatic rings. The molecule has 2 heterocycles. The standard InChI is InChI=1S/C25H27N3O3/c1-17-8-9-21(20-6-3-2-5-19(17)20)24(29)28-22-7-4-13-26-23(22)25(30)27-14-10-18-11-15-31-16-12-18/h2-9,13,18H,10-12,14-16H2,1H3,(H,27,30)(H,28,29). The number of aryl methyl sites for hydroxylation is 1. The normalized spacial score (nSPS) is 14.4. The molecule has 6 heteroatoms. The van der Waals surface area contributed by atoms with Gasteiger partial charge in [-0.2, -0.15) is 0 Å². The average Bonchev–Trinajstić information content (AvgIpc) is 2.80. The van der Waals surface area contributed by atoms with E-state index in [1.165, 1.54) is 0 Å². The molecule has 0 unspecified atom stereocenters. The number of rotatable bonds is 6. The third-order valence-electron chi connectivity index (χ3n) is 5.84. The monoisotopic (exact) mass is 417 g/mol. The van der Waals surface area contributed by atoms with Crippen LogP contribution in [0.2, 0.25) is 0 Å². The minimum absolute atomic E-state index is 0.222. The fourth-order valence-electron chi connectivity index (χ4n) is 4.03. The minimum atomic E-state index is -0.281. The van der Waals surface area contributed by atoms with E-state index in [1.54, 1.807) is 18.3 Å². The topological polar surface area (TPSA) is 80.3 Å². The number of pyridine rings is 1. The van der Waals surface area contributed by atoms with Crippen molar-refractivity contribution < 1.29 is 14.3 Å². The van der Waals surface area contributed by atoms with E-state index in [-0.39, 0.29) is 17.5 Å². The summed E-state index contributed by atoms with van der Waals surface area (Å²) in [5.74, 6) is 0.0314. The van der Waals surface area contributed by atoms with Crippen LogP contribution in [0.3, 0.4) is 0 Å². The Morgan fingerprint density at radius 2 is 1.77 bits per heavy atom. The first kappa shape index (κ1) is 21.0. The van der Waals surface area contributed by atoms with Gasteiger partial charge in [0.25, 0.3) is 11.8 Å². The Kier molecular flexibility index (Phi) is 6.57. The lowest BCUT2D eigenvalue weighted by molar-refractivity contribution is 0.0636. The Labute approximate surface area is 182 Å². The van der Waals surface area contributed by atoms with E-state index >= 15 is 0 Å². The molecule has 0 aliphatic carbocycles. The number of fused-ring (bicyclic) bond motifs is 1. The molecule has 3 aromatic rings. The quantitative estimate of drug-likeness (QED) is 0.625. The SMILES string of the molecule is Cc1ccc(C(=O)Nc2cccnc2C(=O)NCCC2CCOCC2)c2ccccc12. The van der Waals surface area contributed by atoms with E-state index < -0.39 is 0 Å². The molecule has 4 rings (SSSR count). The third kappa shape index (κ3) is 4.91. The van der Waals surface area contributed by atoms with Gasteiger partial charge in [0.15, 0.2) is 5.69 Å². The molecule has 0 atom stereocenters. The van der Waals surface area contributed by atoms with Gasteiger partial charge in [-0.05, 0) is 66.6 Å². The molecule has 6 nitrogen and oxygen atoms in total. The summed E-state index contributed by atoms with van der Waals surface area (Å²) in [5.41, 5.74) is 2.30. The van der Waals surface area contributed by atoms with E-state index in [9.17, 15) is 9.59 Å². The molecule has 1 fully saturated rings. The number of amides is 2. The lowest BCUT2D eigenvalue weighted by Gasteiger charge is -2.21. The van der Waals surface area contributed by atoms with Crippen LogP contribution in [-0.2, 0) is 4.74 Å². The van der Waals surface area contributed by atoms with Crippen LogP contribution in [0, 0.1) is 12.8 Å². The number of hydrogen-bond donors (Lipinski definition) is 2. The van der Waals surface area contributed by atoms with Gasteiger partial charge in [-0.15, -0.1) is 0 Å². The van der Waals surface area contributed by atoms with Crippen LogP contribution in [0.4, 0.5) is 5.69 Å². The van der Waals surface area contributed by atoms with Crippen molar-refractivity contribution in [1.82, 2.24) is 10.3 Å². The lowest BCUT2D eigenvalue weighted by Crippen LogP contribution is -2.29. The van der Waals surface area contributed by atoms with Crippen LogP contribution in [-0.4, -0.2) is 36.6 Å². The number of nitrogens with one attached hydrogen (secondary N) is 2. The smallest absolute Gasteiger partial charge is 0.272 e. The number of carbonyl (C=O) groups is 2. The van der Waals surface area contributed by atoms with E-state index in [0.29, 0.717) is 23.7 Å². The highest BCUT2D eigenvalue weighted by atomic mass is 16.5. The van der Waals surface area contributed by atoms with Crippen molar-refractivity contribution in [2.45, 2.75) is 26.2 Å². The number of aromatic nitrogens is 1. The zero-order chi connectivity index (χ0) is 21.6. The predicted octanol–water partition coefficient (Wildman–Crippen LogP) is 4.34. The number of hydrogen-bond acceptors (Lipinski definition) is 4. The molecule has 2 N–H and O–H groups in total. The number of ether oxygens (including phenoxy) is 1. The number of carbonyl (C=O) groups excluding carboxylic acids is 2. The Balaban J connectivity index is 1.47. The molecule has 31 heavy (non-hydrogen) atoms. The average molecular weight is 418 g/mol. The highest BCUT2D eigenvalue weighted by Gasteiger charge is 2.18. The van der Waals surface area contributed by atoms with Crippen molar-refractivity contribution in [3.8, 4) is 0 Å². The van der Waals surface area contributed by atoms with Crippen molar-refractivity contribution in [3.63, 3.8) is 0 Å². The zero-order valence-corrected chi connectivity index (χ0v) is 17.7. The summed E-state index contributed by atoms with van der Waals surface area (Å²) in [7, 11) is 0. The minimum Gasteiger partial charge on any atom is -0.381 e. The van der Waals surface area contributed by atoms with Crippen LogP contribution in [0.5, 0.6) is 0 Å². The number of nitrogens with zero attached hydrogens (tertiary/aromatic N) is 1. The van der Waals surface area contributed by atoms with Crippen LogP contribution in [0.25, 0.3) is 10.8 Å². The van der Waals surface area contributed by atoms with Gasteiger partial charge in [0.05, 0.1) is 5.69 Å². The van der Waals surface area contributed by atoms with Crippen LogP contribution < -0.4 is 10.6 Å². The van der Waals surface area contributed by atoms with Gasteiger partial charge in [0.1, 0.15) is 0 Å². The van der Waals surface area contributed by atoms with Gasteiger partial charge in [0, 0.05) is 31.5 Å². The molecule has 0 spiro atoms. The summed E-state index contributed by atoms with van der Waals surface area (Å²) in [5, 5.41) is 7.74. The maximum Gasteiger partial charge on any atom is 0.272 e. The van der Waals surface area contributed by atoms with Gasteiger partial charge < -0.3 is 15.4 Å². The van der Waals surface area contributed by atoms with Gasteiger partial charge in [-0.3, -0.25) is 9.59 Å². The number of anilines is 1. The van der Waals surface area contributed by atoms with Gasteiger partial charge in [-0.1, -0.05) is 30.3 Å². The molecule has 0 radical (unpaired) electrons. The van der Waals surface area contributed by atoms with E-state index in [4.69, 9.17) is 4.74 Å². The maximum absolute atomic E-state index is 13.1. The molecular formula is C25H27N3O3. The molecule has 2 aromatic carbocycles. The molecule has 160 valence electrons. The van der Waals surface area contributed by atoms with Gasteiger partial charge in [-0.25, -0.2) is 4.98 Å². The second-order valence-corrected chi connectivity index (χ2v) is 7.93. The summed E-state index contributed by atoms with van der Waals surface area (Å²) in [6, 6.07) is 15.0. The Bertz CT molecular complexity index is 1090. The molecule has 0 saturated carbocycles. The van der Waals surface area contributed by atoms with Gasteiger partial charge in [0.2, 0.25) is 0 Å². The van der Waals surface area contributed by atoms with Gasteiger partial charge >= 0.3 is 0 Å². The first-order valence-electron chi connectivity index (χ1n) is 10.7. The highest BCUT2D eigenvalue weighted by molar-refractivity contribution is 6.14.